The summed E-state index contributed by atoms with van der Waals surface area (Å²) >= 11 is 8.35. The number of hydrogen-bond acceptors (Lipinski definition) is 4. The van der Waals surface area contributed by atoms with Gasteiger partial charge >= 0.3 is 0 Å². The molecule has 142 valence electrons. The van der Waals surface area contributed by atoms with Crippen LogP contribution in [0.4, 0.5) is 5.69 Å². The van der Waals surface area contributed by atoms with Gasteiger partial charge in [0.1, 0.15) is 0 Å². The minimum atomic E-state index is -0.470. The van der Waals surface area contributed by atoms with E-state index in [4.69, 9.17) is 16.6 Å². The Morgan fingerprint density at radius 1 is 1.04 bits per heavy atom. The van der Waals surface area contributed by atoms with Crippen molar-refractivity contribution in [1.29, 1.82) is 0 Å². The molecule has 1 saturated carbocycles. The third-order valence-electron chi connectivity index (χ3n) is 4.38. The van der Waals surface area contributed by atoms with E-state index >= 15 is 0 Å². The Morgan fingerprint density at radius 3 is 2.48 bits per heavy atom. The summed E-state index contributed by atoms with van der Waals surface area (Å²) in [6.45, 7) is 0. The van der Waals surface area contributed by atoms with E-state index in [2.05, 4.69) is 31.9 Å². The third-order valence-corrected chi connectivity index (χ3v) is 5.01. The lowest BCUT2D eigenvalue weighted by Crippen LogP contribution is -2.37. The Bertz CT molecular complexity index is 846. The maximum atomic E-state index is 12.7. The maximum Gasteiger partial charge on any atom is 0.293 e. The topological polar surface area (TPSA) is 83.4 Å². The predicted octanol–water partition coefficient (Wildman–Crippen LogP) is 4.23. The van der Waals surface area contributed by atoms with Crippen molar-refractivity contribution in [3.63, 3.8) is 0 Å². The van der Waals surface area contributed by atoms with E-state index in [1.165, 1.54) is 12.5 Å². The second kappa shape index (κ2) is 9.14. The average molecular weight is 450 g/mol. The summed E-state index contributed by atoms with van der Waals surface area (Å²) in [7, 11) is 0. The van der Waals surface area contributed by atoms with Gasteiger partial charge in [-0.05, 0) is 65.3 Å². The van der Waals surface area contributed by atoms with E-state index in [9.17, 15) is 9.59 Å². The monoisotopic (exact) mass is 449 g/mol. The van der Waals surface area contributed by atoms with Crippen molar-refractivity contribution in [2.75, 3.05) is 5.32 Å². The number of nitrogens with one attached hydrogen (secondary N) is 3. The van der Waals surface area contributed by atoms with Gasteiger partial charge in [0.15, 0.2) is 15.5 Å². The Balaban J connectivity index is 1.63. The molecule has 3 N–H and O–H groups in total. The van der Waals surface area contributed by atoms with E-state index in [-0.39, 0.29) is 22.8 Å². The molecule has 1 aliphatic carbocycles. The number of carbonyl (C=O) groups is 2. The van der Waals surface area contributed by atoms with Gasteiger partial charge in [-0.2, -0.15) is 0 Å². The molecule has 1 aromatic heterocycles. The van der Waals surface area contributed by atoms with Crippen molar-refractivity contribution in [2.45, 2.75) is 38.1 Å². The molecule has 0 radical (unpaired) electrons. The molecule has 6 nitrogen and oxygen atoms in total. The van der Waals surface area contributed by atoms with Crippen molar-refractivity contribution in [3.8, 4) is 0 Å². The van der Waals surface area contributed by atoms with Crippen LogP contribution in [0.25, 0.3) is 0 Å². The maximum absolute atomic E-state index is 12.7. The first kappa shape index (κ1) is 19.6. The third kappa shape index (κ3) is 5.40. The lowest BCUT2D eigenvalue weighted by molar-refractivity contribution is 0.0926. The normalized spacial score (nSPS) is 14.4. The highest BCUT2D eigenvalue weighted by molar-refractivity contribution is 9.10. The number of amides is 2. The predicted molar refractivity (Wildman–Crippen MR) is 111 cm³/mol. The molecule has 27 heavy (non-hydrogen) atoms. The number of benzene rings is 1. The second-order valence-corrected chi connectivity index (χ2v) is 7.56. The number of rotatable bonds is 4. The quantitative estimate of drug-likeness (QED) is 0.608. The second-order valence-electron chi connectivity index (χ2n) is 6.37. The Labute approximate surface area is 171 Å². The number of para-hydroxylation sites is 1. The van der Waals surface area contributed by atoms with Gasteiger partial charge in [0.2, 0.25) is 0 Å². The molecular weight excluding hydrogens is 430 g/mol. The fourth-order valence-electron chi connectivity index (χ4n) is 3.05. The van der Waals surface area contributed by atoms with Crippen LogP contribution in [0.2, 0.25) is 0 Å². The van der Waals surface area contributed by atoms with Gasteiger partial charge in [-0.1, -0.05) is 31.4 Å². The van der Waals surface area contributed by atoms with E-state index in [1.54, 1.807) is 30.3 Å². The summed E-state index contributed by atoms with van der Waals surface area (Å²) in [5, 5.41) is 8.64. The molecular formula is C19H20BrN3O3S. The van der Waals surface area contributed by atoms with Crippen LogP contribution in [0.15, 0.2) is 45.5 Å². The number of hydrogen-bond donors (Lipinski definition) is 3. The molecule has 3 rings (SSSR count). The zero-order chi connectivity index (χ0) is 19.2. The molecule has 2 aromatic rings. The van der Waals surface area contributed by atoms with Gasteiger partial charge in [0, 0.05) is 6.04 Å². The molecule has 0 unspecified atom stereocenters. The van der Waals surface area contributed by atoms with Gasteiger partial charge in [-0.3, -0.25) is 14.9 Å². The van der Waals surface area contributed by atoms with Crippen LogP contribution in [0, 0.1) is 0 Å². The van der Waals surface area contributed by atoms with Crippen LogP contribution in [-0.2, 0) is 0 Å². The van der Waals surface area contributed by atoms with Crippen LogP contribution < -0.4 is 16.0 Å². The SMILES string of the molecule is O=C(NC(=S)Nc1ccccc1C(=O)NC1CCCCC1)c1ccc(Br)o1. The van der Waals surface area contributed by atoms with E-state index in [1.807, 2.05) is 0 Å². The summed E-state index contributed by atoms with van der Waals surface area (Å²) in [6, 6.07) is 10.4. The van der Waals surface area contributed by atoms with Crippen LogP contribution in [0.5, 0.6) is 0 Å². The van der Waals surface area contributed by atoms with E-state index in [0.717, 1.165) is 25.7 Å². The van der Waals surface area contributed by atoms with Crippen LogP contribution >= 0.6 is 28.1 Å². The first-order chi connectivity index (χ1) is 13.0. The average Bonchev–Trinajstić information content (AvgIpc) is 3.09. The highest BCUT2D eigenvalue weighted by Crippen LogP contribution is 2.20. The molecule has 8 heteroatoms. The largest absolute Gasteiger partial charge is 0.444 e. The van der Waals surface area contributed by atoms with Crippen LogP contribution in [0.3, 0.4) is 0 Å². The van der Waals surface area contributed by atoms with Crippen molar-refractivity contribution in [1.82, 2.24) is 10.6 Å². The van der Waals surface area contributed by atoms with Crippen LogP contribution in [0.1, 0.15) is 53.0 Å². The summed E-state index contributed by atoms with van der Waals surface area (Å²) < 4.78 is 5.65. The van der Waals surface area contributed by atoms with E-state index in [0.29, 0.717) is 15.9 Å². The molecule has 1 aliphatic rings. The fraction of sp³-hybridized carbons (Fsp3) is 0.316. The molecule has 0 saturated heterocycles. The zero-order valence-electron chi connectivity index (χ0n) is 14.6. The fourth-order valence-corrected chi connectivity index (χ4v) is 3.56. The summed E-state index contributed by atoms with van der Waals surface area (Å²) in [5.41, 5.74) is 1.03. The molecule has 0 bridgehead atoms. The number of halogens is 1. The number of thiocarbonyl (C=S) groups is 1. The van der Waals surface area contributed by atoms with Crippen molar-refractivity contribution < 1.29 is 14.0 Å². The molecule has 0 atom stereocenters. The first-order valence-corrected chi connectivity index (χ1v) is 10.0. The van der Waals surface area contributed by atoms with Gasteiger partial charge in [-0.15, -0.1) is 0 Å². The molecule has 0 spiro atoms. The molecule has 2 amide bonds. The number of anilines is 1. The van der Waals surface area contributed by atoms with Crippen LogP contribution in [-0.4, -0.2) is 23.0 Å². The van der Waals surface area contributed by atoms with Crippen molar-refractivity contribution in [3.05, 3.63) is 52.4 Å². The Kier molecular flexibility index (Phi) is 6.63. The first-order valence-electron chi connectivity index (χ1n) is 8.80. The van der Waals surface area contributed by atoms with Gasteiger partial charge in [0.05, 0.1) is 11.3 Å². The highest BCUT2D eigenvalue weighted by Gasteiger charge is 2.19. The summed E-state index contributed by atoms with van der Waals surface area (Å²) in [4.78, 5) is 24.8. The van der Waals surface area contributed by atoms with Gasteiger partial charge in [0.25, 0.3) is 11.8 Å². The lowest BCUT2D eigenvalue weighted by atomic mass is 9.95. The smallest absolute Gasteiger partial charge is 0.293 e. The van der Waals surface area contributed by atoms with Gasteiger partial charge < -0.3 is 15.1 Å². The highest BCUT2D eigenvalue weighted by atomic mass is 79.9. The molecule has 0 aliphatic heterocycles. The molecule has 1 heterocycles. The number of furan rings is 1. The summed E-state index contributed by atoms with van der Waals surface area (Å²) in [6.07, 6.45) is 5.53. The minimum absolute atomic E-state index is 0.0884. The Morgan fingerprint density at radius 2 is 1.78 bits per heavy atom. The number of carbonyl (C=O) groups excluding carboxylic acids is 2. The minimum Gasteiger partial charge on any atom is -0.444 e. The van der Waals surface area contributed by atoms with E-state index < -0.39 is 5.91 Å². The standard InChI is InChI=1S/C19H20BrN3O3S/c20-16-11-10-15(26-16)18(25)23-19(27)22-14-9-5-4-8-13(14)17(24)21-12-6-2-1-3-7-12/h4-5,8-12H,1-3,6-7H2,(H,21,24)(H2,22,23,25,27). The zero-order valence-corrected chi connectivity index (χ0v) is 17.0. The molecule has 1 aromatic carbocycles. The Hall–Kier alpha value is -2.19. The van der Waals surface area contributed by atoms with Crippen molar-refractivity contribution >= 4 is 50.8 Å². The van der Waals surface area contributed by atoms with Gasteiger partial charge in [-0.25, -0.2) is 0 Å². The lowest BCUT2D eigenvalue weighted by Gasteiger charge is -2.23. The summed E-state index contributed by atoms with van der Waals surface area (Å²) in [5.74, 6) is -0.481. The van der Waals surface area contributed by atoms with Crippen molar-refractivity contribution in [2.24, 2.45) is 0 Å². The molecule has 1 fully saturated rings.